The minimum absolute atomic E-state index is 0.462. The fourth-order valence-electron chi connectivity index (χ4n) is 1.31. The second-order valence-electron chi connectivity index (χ2n) is 3.56. The SMILES string of the molecule is CCOc1ccccc1NC(=O)[C@@H](Br)[C@@H](Br)C(=O)O. The number of rotatable bonds is 6. The normalized spacial score (nSPS) is 13.4. The standard InChI is InChI=1S/C12H13Br2NO4/c1-2-19-8-6-4-3-5-7(8)15-11(16)9(13)10(14)12(17)18/h3-6,9-10H,2H2,1H3,(H,15,16)(H,17,18)/t9-,10+/m0/s1. The summed E-state index contributed by atoms with van der Waals surface area (Å²) < 4.78 is 5.37. The van der Waals surface area contributed by atoms with Crippen LogP contribution in [0.4, 0.5) is 5.69 Å². The average molecular weight is 395 g/mol. The van der Waals surface area contributed by atoms with Gasteiger partial charge in [-0.3, -0.25) is 9.59 Å². The Labute approximate surface area is 127 Å². The number of hydrogen-bond acceptors (Lipinski definition) is 3. The highest BCUT2D eigenvalue weighted by Crippen LogP contribution is 2.25. The molecule has 0 aliphatic carbocycles. The number of amides is 1. The van der Waals surface area contributed by atoms with Crippen molar-refractivity contribution in [3.63, 3.8) is 0 Å². The van der Waals surface area contributed by atoms with E-state index in [1.54, 1.807) is 24.3 Å². The van der Waals surface area contributed by atoms with Crippen LogP contribution < -0.4 is 10.1 Å². The van der Waals surface area contributed by atoms with E-state index < -0.39 is 21.5 Å². The highest BCUT2D eigenvalue weighted by molar-refractivity contribution is 9.12. The molecule has 0 heterocycles. The van der Waals surface area contributed by atoms with Crippen molar-refractivity contribution in [3.8, 4) is 5.75 Å². The average Bonchev–Trinajstić information content (AvgIpc) is 2.39. The Kier molecular flexibility index (Phi) is 6.30. The van der Waals surface area contributed by atoms with Crippen LogP contribution in [0.5, 0.6) is 5.75 Å². The van der Waals surface area contributed by atoms with E-state index in [2.05, 4.69) is 37.2 Å². The molecule has 19 heavy (non-hydrogen) atoms. The Bertz CT molecular complexity index is 467. The summed E-state index contributed by atoms with van der Waals surface area (Å²) in [6.07, 6.45) is 0. The molecule has 104 valence electrons. The van der Waals surface area contributed by atoms with Crippen molar-refractivity contribution in [2.75, 3.05) is 11.9 Å². The van der Waals surface area contributed by atoms with Gasteiger partial charge in [0.15, 0.2) is 0 Å². The van der Waals surface area contributed by atoms with Crippen LogP contribution in [0.15, 0.2) is 24.3 Å². The number of alkyl halides is 2. The lowest BCUT2D eigenvalue weighted by Gasteiger charge is -2.15. The Morgan fingerprint density at radius 2 is 1.95 bits per heavy atom. The summed E-state index contributed by atoms with van der Waals surface area (Å²) in [5, 5.41) is 11.5. The monoisotopic (exact) mass is 393 g/mol. The molecule has 1 rings (SSSR count). The number of halogens is 2. The zero-order chi connectivity index (χ0) is 14.4. The fourth-order valence-corrected chi connectivity index (χ4v) is 1.89. The smallest absolute Gasteiger partial charge is 0.318 e. The minimum Gasteiger partial charge on any atom is -0.492 e. The van der Waals surface area contributed by atoms with Gasteiger partial charge in [-0.2, -0.15) is 0 Å². The second kappa shape index (κ2) is 7.49. The Morgan fingerprint density at radius 3 is 2.53 bits per heavy atom. The summed E-state index contributed by atoms with van der Waals surface area (Å²) in [6, 6.07) is 6.96. The van der Waals surface area contributed by atoms with Crippen molar-refractivity contribution in [3.05, 3.63) is 24.3 Å². The zero-order valence-corrected chi connectivity index (χ0v) is 13.3. The van der Waals surface area contributed by atoms with Crippen LogP contribution in [-0.4, -0.2) is 33.2 Å². The van der Waals surface area contributed by atoms with Crippen LogP contribution in [0.3, 0.4) is 0 Å². The van der Waals surface area contributed by atoms with Crippen molar-refractivity contribution in [1.29, 1.82) is 0 Å². The van der Waals surface area contributed by atoms with Gasteiger partial charge < -0.3 is 15.2 Å². The van der Waals surface area contributed by atoms with Gasteiger partial charge >= 0.3 is 5.97 Å². The molecule has 0 saturated heterocycles. The molecule has 2 atom stereocenters. The number of para-hydroxylation sites is 2. The van der Waals surface area contributed by atoms with Crippen LogP contribution in [-0.2, 0) is 9.59 Å². The maximum absolute atomic E-state index is 11.9. The van der Waals surface area contributed by atoms with Gasteiger partial charge in [-0.15, -0.1) is 0 Å². The molecule has 0 fully saturated rings. The lowest BCUT2D eigenvalue weighted by Crippen LogP contribution is -2.34. The molecule has 2 N–H and O–H groups in total. The van der Waals surface area contributed by atoms with Crippen molar-refractivity contribution in [2.45, 2.75) is 16.6 Å². The van der Waals surface area contributed by atoms with Gasteiger partial charge in [-0.05, 0) is 19.1 Å². The molecule has 7 heteroatoms. The largest absolute Gasteiger partial charge is 0.492 e. The predicted molar refractivity (Wildman–Crippen MR) is 79.3 cm³/mol. The highest BCUT2D eigenvalue weighted by atomic mass is 79.9. The molecule has 0 aliphatic heterocycles. The molecule has 1 amide bonds. The van der Waals surface area contributed by atoms with E-state index in [-0.39, 0.29) is 0 Å². The highest BCUT2D eigenvalue weighted by Gasteiger charge is 2.29. The van der Waals surface area contributed by atoms with Crippen molar-refractivity contribution in [1.82, 2.24) is 0 Å². The number of anilines is 1. The lowest BCUT2D eigenvalue weighted by molar-refractivity contribution is -0.137. The predicted octanol–water partition coefficient (Wildman–Crippen LogP) is 2.64. The number of ether oxygens (including phenoxy) is 1. The first kappa shape index (κ1) is 16.0. The van der Waals surface area contributed by atoms with Crippen molar-refractivity contribution < 1.29 is 19.4 Å². The van der Waals surface area contributed by atoms with E-state index in [4.69, 9.17) is 9.84 Å². The molecule has 0 aliphatic rings. The Balaban J connectivity index is 2.79. The van der Waals surface area contributed by atoms with E-state index in [0.29, 0.717) is 18.0 Å². The third-order valence-corrected chi connectivity index (χ3v) is 4.76. The Hall–Kier alpha value is -1.08. The molecule has 0 saturated carbocycles. The topological polar surface area (TPSA) is 75.6 Å². The van der Waals surface area contributed by atoms with Crippen LogP contribution in [0.2, 0.25) is 0 Å². The Morgan fingerprint density at radius 1 is 1.32 bits per heavy atom. The van der Waals surface area contributed by atoms with Gasteiger partial charge in [0, 0.05) is 0 Å². The summed E-state index contributed by atoms with van der Waals surface area (Å²) in [4.78, 5) is 20.8. The lowest BCUT2D eigenvalue weighted by atomic mass is 10.2. The molecule has 0 spiro atoms. The van der Waals surface area contributed by atoms with E-state index in [1.165, 1.54) is 0 Å². The molecule has 1 aromatic rings. The first-order valence-corrected chi connectivity index (χ1v) is 7.34. The summed E-state index contributed by atoms with van der Waals surface area (Å²) in [7, 11) is 0. The summed E-state index contributed by atoms with van der Waals surface area (Å²) >= 11 is 5.98. The van der Waals surface area contributed by atoms with Crippen LogP contribution in [0.1, 0.15) is 6.92 Å². The van der Waals surface area contributed by atoms with Gasteiger partial charge in [0.25, 0.3) is 0 Å². The summed E-state index contributed by atoms with van der Waals surface area (Å²) in [5.74, 6) is -1.04. The van der Waals surface area contributed by atoms with Crippen LogP contribution >= 0.6 is 31.9 Å². The van der Waals surface area contributed by atoms with E-state index >= 15 is 0 Å². The molecule has 0 aromatic heterocycles. The van der Waals surface area contributed by atoms with E-state index in [1.807, 2.05) is 6.92 Å². The first-order valence-electron chi connectivity index (χ1n) is 5.51. The number of benzene rings is 1. The van der Waals surface area contributed by atoms with Gasteiger partial charge in [0.1, 0.15) is 15.4 Å². The number of carbonyl (C=O) groups excluding carboxylic acids is 1. The van der Waals surface area contributed by atoms with Crippen molar-refractivity contribution >= 4 is 49.4 Å². The molecule has 5 nitrogen and oxygen atoms in total. The number of carbonyl (C=O) groups is 2. The first-order chi connectivity index (χ1) is 8.97. The fraction of sp³-hybridized carbons (Fsp3) is 0.333. The number of hydrogen-bond donors (Lipinski definition) is 2. The molecule has 0 radical (unpaired) electrons. The quantitative estimate of drug-likeness (QED) is 0.727. The van der Waals surface area contributed by atoms with E-state index in [0.717, 1.165) is 0 Å². The van der Waals surface area contributed by atoms with Gasteiger partial charge in [0.05, 0.1) is 12.3 Å². The van der Waals surface area contributed by atoms with Gasteiger partial charge in [0.2, 0.25) is 5.91 Å². The number of carboxylic acids is 1. The maximum atomic E-state index is 11.9. The molecule has 0 unspecified atom stereocenters. The van der Waals surface area contributed by atoms with Crippen LogP contribution in [0.25, 0.3) is 0 Å². The third kappa shape index (κ3) is 4.50. The summed E-state index contributed by atoms with van der Waals surface area (Å²) in [5.41, 5.74) is 0.504. The minimum atomic E-state index is -1.12. The summed E-state index contributed by atoms with van der Waals surface area (Å²) in [6.45, 7) is 2.31. The molecular formula is C12H13Br2NO4. The number of nitrogens with one attached hydrogen (secondary N) is 1. The number of carboxylic acid groups (broad SMARTS) is 1. The van der Waals surface area contributed by atoms with E-state index in [9.17, 15) is 9.59 Å². The molecule has 1 aromatic carbocycles. The van der Waals surface area contributed by atoms with Gasteiger partial charge in [-0.1, -0.05) is 44.0 Å². The van der Waals surface area contributed by atoms with Crippen molar-refractivity contribution in [2.24, 2.45) is 0 Å². The third-order valence-electron chi connectivity index (χ3n) is 2.19. The maximum Gasteiger partial charge on any atom is 0.318 e. The van der Waals surface area contributed by atoms with Gasteiger partial charge in [-0.25, -0.2) is 0 Å². The molecular weight excluding hydrogens is 382 g/mol. The zero-order valence-electron chi connectivity index (χ0n) is 10.1. The second-order valence-corrected chi connectivity index (χ2v) is 5.53. The molecule has 0 bridgehead atoms. The van der Waals surface area contributed by atoms with Crippen LogP contribution in [0, 0.1) is 0 Å². The number of aliphatic carboxylic acids is 1.